The van der Waals surface area contributed by atoms with E-state index in [9.17, 15) is 0 Å². The van der Waals surface area contributed by atoms with E-state index in [1.807, 2.05) is 6.07 Å². The first-order chi connectivity index (χ1) is 8.36. The topological polar surface area (TPSA) is 30.5 Å². The van der Waals surface area contributed by atoms with Gasteiger partial charge in [0.25, 0.3) is 0 Å². The Hall–Kier alpha value is -1.22. The number of fused-ring (bicyclic) bond motifs is 1. The van der Waals surface area contributed by atoms with Crippen LogP contribution >= 0.6 is 0 Å². The zero-order valence-electron chi connectivity index (χ0n) is 10.2. The number of benzene rings is 1. The van der Waals surface area contributed by atoms with Gasteiger partial charge in [-0.25, -0.2) is 0 Å². The van der Waals surface area contributed by atoms with Gasteiger partial charge in [0.1, 0.15) is 0 Å². The first-order valence-electron chi connectivity index (χ1n) is 6.48. The maximum atomic E-state index is 5.38. The molecule has 1 aromatic carbocycles. The zero-order valence-corrected chi connectivity index (χ0v) is 10.2. The summed E-state index contributed by atoms with van der Waals surface area (Å²) >= 11 is 0. The van der Waals surface area contributed by atoms with Gasteiger partial charge in [-0.3, -0.25) is 0 Å². The fourth-order valence-electron chi connectivity index (χ4n) is 2.44. The van der Waals surface area contributed by atoms with Crippen molar-refractivity contribution in [2.75, 3.05) is 6.79 Å². The minimum Gasteiger partial charge on any atom is -0.454 e. The molecule has 3 nitrogen and oxygen atoms in total. The van der Waals surface area contributed by atoms with Crippen LogP contribution < -0.4 is 14.8 Å². The molecule has 1 atom stereocenters. The van der Waals surface area contributed by atoms with Gasteiger partial charge in [0.15, 0.2) is 11.5 Å². The largest absolute Gasteiger partial charge is 0.454 e. The molecule has 2 aliphatic rings. The Morgan fingerprint density at radius 2 is 2.12 bits per heavy atom. The minimum atomic E-state index is 0.353. The summed E-state index contributed by atoms with van der Waals surface area (Å²) in [6.45, 7) is 3.53. The average molecular weight is 233 g/mol. The first-order valence-corrected chi connectivity index (χ1v) is 6.48. The third-order valence-corrected chi connectivity index (χ3v) is 3.64. The molecule has 1 aliphatic heterocycles. The van der Waals surface area contributed by atoms with E-state index in [4.69, 9.17) is 9.47 Å². The van der Waals surface area contributed by atoms with Crippen molar-refractivity contribution in [2.24, 2.45) is 5.92 Å². The molecule has 0 saturated heterocycles. The highest BCUT2D eigenvalue weighted by Crippen LogP contribution is 2.35. The second-order valence-electron chi connectivity index (χ2n) is 4.92. The molecule has 1 aromatic rings. The lowest BCUT2D eigenvalue weighted by atomic mass is 10.1. The average Bonchev–Trinajstić information content (AvgIpc) is 3.08. The summed E-state index contributed by atoms with van der Waals surface area (Å²) in [6.07, 6.45) is 4.01. The van der Waals surface area contributed by atoms with Crippen molar-refractivity contribution in [3.63, 3.8) is 0 Å². The Kier molecular flexibility index (Phi) is 2.93. The predicted molar refractivity (Wildman–Crippen MR) is 66.2 cm³/mol. The van der Waals surface area contributed by atoms with Gasteiger partial charge in [0.05, 0.1) is 0 Å². The van der Waals surface area contributed by atoms with E-state index in [-0.39, 0.29) is 0 Å². The van der Waals surface area contributed by atoms with Crippen molar-refractivity contribution in [2.45, 2.75) is 38.8 Å². The maximum absolute atomic E-state index is 5.38. The van der Waals surface area contributed by atoms with Crippen LogP contribution in [0.25, 0.3) is 0 Å². The van der Waals surface area contributed by atoms with Crippen LogP contribution in [0.4, 0.5) is 0 Å². The summed E-state index contributed by atoms with van der Waals surface area (Å²) in [5.74, 6) is 2.65. The molecule has 3 heteroatoms. The lowest BCUT2D eigenvalue weighted by Gasteiger charge is -2.16. The molecule has 1 unspecified atom stereocenters. The highest BCUT2D eigenvalue weighted by molar-refractivity contribution is 5.44. The molecule has 1 heterocycles. The van der Waals surface area contributed by atoms with Gasteiger partial charge in [-0.2, -0.15) is 0 Å². The molecular formula is C14H19NO2. The lowest BCUT2D eigenvalue weighted by Crippen LogP contribution is -2.29. The molecule has 0 amide bonds. The number of nitrogens with one attached hydrogen (secondary N) is 1. The Labute approximate surface area is 102 Å². The van der Waals surface area contributed by atoms with Crippen molar-refractivity contribution in [1.29, 1.82) is 0 Å². The monoisotopic (exact) mass is 233 g/mol. The summed E-state index contributed by atoms with van der Waals surface area (Å²) in [5, 5.41) is 3.64. The summed E-state index contributed by atoms with van der Waals surface area (Å²) in [5.41, 5.74) is 1.27. The van der Waals surface area contributed by atoms with Gasteiger partial charge in [0.2, 0.25) is 6.79 Å². The normalized spacial score (nSPS) is 19.4. The molecule has 0 spiro atoms. The predicted octanol–water partition coefficient (Wildman–Crippen LogP) is 2.69. The Balaban J connectivity index is 1.61. The van der Waals surface area contributed by atoms with Crippen LogP contribution in [0.3, 0.4) is 0 Å². The number of rotatable bonds is 5. The second-order valence-corrected chi connectivity index (χ2v) is 4.92. The van der Waals surface area contributed by atoms with Crippen LogP contribution in [-0.4, -0.2) is 12.8 Å². The van der Waals surface area contributed by atoms with Crippen molar-refractivity contribution in [1.82, 2.24) is 5.32 Å². The van der Waals surface area contributed by atoms with Gasteiger partial charge in [-0.05, 0) is 42.9 Å². The van der Waals surface area contributed by atoms with Crippen LogP contribution in [0.5, 0.6) is 11.5 Å². The van der Waals surface area contributed by atoms with Gasteiger partial charge in [0, 0.05) is 12.6 Å². The van der Waals surface area contributed by atoms with Gasteiger partial charge < -0.3 is 14.8 Å². The van der Waals surface area contributed by atoms with E-state index in [0.717, 1.165) is 24.0 Å². The summed E-state index contributed by atoms with van der Waals surface area (Å²) in [6, 6.07) is 6.87. The molecule has 0 aromatic heterocycles. The van der Waals surface area contributed by atoms with E-state index in [1.54, 1.807) is 0 Å². The van der Waals surface area contributed by atoms with Gasteiger partial charge >= 0.3 is 0 Å². The van der Waals surface area contributed by atoms with Gasteiger partial charge in [-0.1, -0.05) is 13.0 Å². The lowest BCUT2D eigenvalue weighted by molar-refractivity contribution is 0.174. The smallest absolute Gasteiger partial charge is 0.231 e. The second kappa shape index (κ2) is 4.57. The van der Waals surface area contributed by atoms with Crippen molar-refractivity contribution in [3.8, 4) is 11.5 Å². The first kappa shape index (κ1) is 10.9. The maximum Gasteiger partial charge on any atom is 0.231 e. The standard InChI is InChI=1S/C14H19NO2/c1-2-12(11-4-5-11)15-8-10-3-6-13-14(7-10)17-9-16-13/h3,6-7,11-12,15H,2,4-5,8-9H2,1H3. The molecule has 1 aliphatic carbocycles. The highest BCUT2D eigenvalue weighted by Gasteiger charge is 2.29. The number of hydrogen-bond acceptors (Lipinski definition) is 3. The highest BCUT2D eigenvalue weighted by atomic mass is 16.7. The molecule has 0 radical (unpaired) electrons. The molecular weight excluding hydrogens is 214 g/mol. The third kappa shape index (κ3) is 2.39. The van der Waals surface area contributed by atoms with Crippen molar-refractivity contribution < 1.29 is 9.47 Å². The fraction of sp³-hybridized carbons (Fsp3) is 0.571. The number of hydrogen-bond donors (Lipinski definition) is 1. The SMILES string of the molecule is CCC(NCc1ccc2c(c1)OCO2)C1CC1. The summed E-state index contributed by atoms with van der Waals surface area (Å²) in [4.78, 5) is 0. The molecule has 1 saturated carbocycles. The van der Waals surface area contributed by atoms with Crippen LogP contribution in [0.2, 0.25) is 0 Å². The van der Waals surface area contributed by atoms with Crippen LogP contribution in [0.15, 0.2) is 18.2 Å². The molecule has 1 N–H and O–H groups in total. The molecule has 0 bridgehead atoms. The van der Waals surface area contributed by atoms with E-state index in [1.165, 1.54) is 24.8 Å². The molecule has 3 rings (SSSR count). The molecule has 1 fully saturated rings. The minimum absolute atomic E-state index is 0.353. The third-order valence-electron chi connectivity index (χ3n) is 3.64. The van der Waals surface area contributed by atoms with Crippen LogP contribution in [0.1, 0.15) is 31.7 Å². The van der Waals surface area contributed by atoms with Crippen molar-refractivity contribution in [3.05, 3.63) is 23.8 Å². The van der Waals surface area contributed by atoms with Crippen molar-refractivity contribution >= 4 is 0 Å². The van der Waals surface area contributed by atoms with Crippen LogP contribution in [-0.2, 0) is 6.54 Å². The van der Waals surface area contributed by atoms with Crippen LogP contribution in [0, 0.1) is 5.92 Å². The fourth-order valence-corrected chi connectivity index (χ4v) is 2.44. The Morgan fingerprint density at radius 3 is 2.88 bits per heavy atom. The zero-order chi connectivity index (χ0) is 11.7. The van der Waals surface area contributed by atoms with E-state index in [2.05, 4.69) is 24.4 Å². The van der Waals surface area contributed by atoms with E-state index in [0.29, 0.717) is 12.8 Å². The van der Waals surface area contributed by atoms with E-state index < -0.39 is 0 Å². The molecule has 17 heavy (non-hydrogen) atoms. The molecule has 92 valence electrons. The van der Waals surface area contributed by atoms with E-state index >= 15 is 0 Å². The Morgan fingerprint density at radius 1 is 1.29 bits per heavy atom. The van der Waals surface area contributed by atoms with Gasteiger partial charge in [-0.15, -0.1) is 0 Å². The Bertz CT molecular complexity index is 401. The summed E-state index contributed by atoms with van der Waals surface area (Å²) in [7, 11) is 0. The number of ether oxygens (including phenoxy) is 2. The quantitative estimate of drug-likeness (QED) is 0.848. The summed E-state index contributed by atoms with van der Waals surface area (Å²) < 4.78 is 10.7.